The smallest absolute Gasteiger partial charge is 0.335 e. The largest absolute Gasteiger partial charge is 0.493 e. The molecule has 3 aromatic carbocycles. The summed E-state index contributed by atoms with van der Waals surface area (Å²) in [4.78, 5) is 11.2. The predicted molar refractivity (Wildman–Crippen MR) is 119 cm³/mol. The molecule has 0 unspecified atom stereocenters. The fourth-order valence-electron chi connectivity index (χ4n) is 2.97. The van der Waals surface area contributed by atoms with E-state index in [1.807, 2.05) is 44.2 Å². The summed E-state index contributed by atoms with van der Waals surface area (Å²) in [6, 6.07) is 16.7. The molecule has 0 aromatic heterocycles. The molecule has 6 heteroatoms. The second-order valence-electron chi connectivity index (χ2n) is 7.06. The van der Waals surface area contributed by atoms with Gasteiger partial charge in [0, 0.05) is 23.3 Å². The number of halogens is 1. The predicted octanol–water partition coefficient (Wildman–Crippen LogP) is 5.85. The van der Waals surface area contributed by atoms with Gasteiger partial charge in [-0.05, 0) is 48.7 Å². The Kier molecular flexibility index (Phi) is 6.85. The van der Waals surface area contributed by atoms with Crippen LogP contribution in [0.1, 0.15) is 32.6 Å². The summed E-state index contributed by atoms with van der Waals surface area (Å²) in [5.41, 5.74) is 4.98. The highest BCUT2D eigenvalue weighted by Crippen LogP contribution is 2.34. The first-order chi connectivity index (χ1) is 14.4. The maximum absolute atomic E-state index is 11.2. The number of aromatic carboxylic acids is 1. The van der Waals surface area contributed by atoms with Gasteiger partial charge in [0.25, 0.3) is 0 Å². The van der Waals surface area contributed by atoms with Crippen molar-refractivity contribution < 1.29 is 19.4 Å². The average molecular weight is 426 g/mol. The second kappa shape index (κ2) is 9.55. The van der Waals surface area contributed by atoms with E-state index in [2.05, 4.69) is 5.32 Å². The molecule has 0 heterocycles. The maximum Gasteiger partial charge on any atom is 0.335 e. The van der Waals surface area contributed by atoms with Crippen LogP contribution < -0.4 is 14.8 Å². The van der Waals surface area contributed by atoms with Gasteiger partial charge in [0.15, 0.2) is 11.5 Å². The van der Waals surface area contributed by atoms with E-state index >= 15 is 0 Å². The molecule has 0 saturated heterocycles. The molecule has 0 radical (unpaired) electrons. The van der Waals surface area contributed by atoms with Gasteiger partial charge in [-0.25, -0.2) is 4.79 Å². The Morgan fingerprint density at radius 1 is 1.03 bits per heavy atom. The van der Waals surface area contributed by atoms with Gasteiger partial charge in [-0.3, -0.25) is 0 Å². The van der Waals surface area contributed by atoms with Crippen LogP contribution in [0.5, 0.6) is 11.5 Å². The normalized spacial score (nSPS) is 10.5. The van der Waals surface area contributed by atoms with E-state index in [4.69, 9.17) is 21.1 Å². The van der Waals surface area contributed by atoms with Gasteiger partial charge in [0.05, 0.1) is 12.7 Å². The van der Waals surface area contributed by atoms with Crippen LogP contribution in [0.2, 0.25) is 5.02 Å². The zero-order valence-corrected chi connectivity index (χ0v) is 17.9. The summed E-state index contributed by atoms with van der Waals surface area (Å²) in [6.45, 7) is 4.78. The fourth-order valence-corrected chi connectivity index (χ4v) is 3.19. The van der Waals surface area contributed by atoms with Crippen molar-refractivity contribution in [3.05, 3.63) is 87.4 Å². The lowest BCUT2D eigenvalue weighted by Gasteiger charge is -2.16. The van der Waals surface area contributed by atoms with E-state index in [1.54, 1.807) is 31.4 Å². The van der Waals surface area contributed by atoms with Crippen LogP contribution in [0.3, 0.4) is 0 Å². The third-order valence-corrected chi connectivity index (χ3v) is 5.15. The quantitative estimate of drug-likeness (QED) is 0.473. The third kappa shape index (κ3) is 5.24. The Labute approximate surface area is 181 Å². The summed E-state index contributed by atoms with van der Waals surface area (Å²) >= 11 is 6.48. The first kappa shape index (κ1) is 21.5. The Balaban J connectivity index is 1.74. The van der Waals surface area contributed by atoms with Crippen molar-refractivity contribution in [1.29, 1.82) is 0 Å². The lowest BCUT2D eigenvalue weighted by atomic mass is 10.1. The molecule has 0 amide bonds. The van der Waals surface area contributed by atoms with Crippen LogP contribution in [-0.4, -0.2) is 18.2 Å². The molecule has 0 bridgehead atoms. The zero-order valence-electron chi connectivity index (χ0n) is 17.2. The number of carboxylic acids is 1. The molecule has 0 aliphatic rings. The van der Waals surface area contributed by atoms with Crippen LogP contribution in [0, 0.1) is 13.8 Å². The number of ether oxygens (including phenoxy) is 2. The Bertz CT molecular complexity index is 1050. The SMILES string of the molecule is COc1cc(CNc2cc(C(=O)O)ccc2C)c(Cl)cc1OCc1ccc(C)cc1. The molecule has 5 nitrogen and oxygen atoms in total. The number of benzene rings is 3. The van der Waals surface area contributed by atoms with Crippen molar-refractivity contribution in [3.63, 3.8) is 0 Å². The minimum absolute atomic E-state index is 0.228. The molecule has 0 fully saturated rings. The highest BCUT2D eigenvalue weighted by molar-refractivity contribution is 6.31. The van der Waals surface area contributed by atoms with Gasteiger partial charge >= 0.3 is 5.97 Å². The van der Waals surface area contributed by atoms with Crippen molar-refractivity contribution in [3.8, 4) is 11.5 Å². The number of aryl methyl sites for hydroxylation is 2. The monoisotopic (exact) mass is 425 g/mol. The number of hydrogen-bond acceptors (Lipinski definition) is 4. The molecule has 0 spiro atoms. The molecule has 3 aromatic rings. The van der Waals surface area contributed by atoms with Crippen molar-refractivity contribution in [2.45, 2.75) is 27.0 Å². The van der Waals surface area contributed by atoms with Gasteiger partial charge in [0.2, 0.25) is 0 Å². The summed E-state index contributed by atoms with van der Waals surface area (Å²) in [5, 5.41) is 13.0. The van der Waals surface area contributed by atoms with Crippen molar-refractivity contribution in [2.75, 3.05) is 12.4 Å². The van der Waals surface area contributed by atoms with Gasteiger partial charge in [-0.1, -0.05) is 47.5 Å². The number of methoxy groups -OCH3 is 1. The van der Waals surface area contributed by atoms with Crippen molar-refractivity contribution >= 4 is 23.3 Å². The van der Waals surface area contributed by atoms with Crippen LogP contribution in [0.25, 0.3) is 0 Å². The van der Waals surface area contributed by atoms with Crippen LogP contribution in [-0.2, 0) is 13.2 Å². The fraction of sp³-hybridized carbons (Fsp3) is 0.208. The summed E-state index contributed by atoms with van der Waals surface area (Å²) in [5.74, 6) is 0.183. The number of rotatable bonds is 8. The molecule has 2 N–H and O–H groups in total. The van der Waals surface area contributed by atoms with Gasteiger partial charge in [-0.15, -0.1) is 0 Å². The minimum Gasteiger partial charge on any atom is -0.493 e. The van der Waals surface area contributed by atoms with Crippen LogP contribution in [0.15, 0.2) is 54.6 Å². The first-order valence-corrected chi connectivity index (χ1v) is 9.87. The maximum atomic E-state index is 11.2. The van der Waals surface area contributed by atoms with E-state index < -0.39 is 5.97 Å². The molecular weight excluding hydrogens is 402 g/mol. The number of nitrogens with one attached hydrogen (secondary N) is 1. The average Bonchev–Trinajstić information content (AvgIpc) is 2.73. The third-order valence-electron chi connectivity index (χ3n) is 4.80. The van der Waals surface area contributed by atoms with Crippen molar-refractivity contribution in [2.24, 2.45) is 0 Å². The highest BCUT2D eigenvalue weighted by atomic mass is 35.5. The van der Waals surface area contributed by atoms with Crippen LogP contribution in [0.4, 0.5) is 5.69 Å². The molecule has 0 aliphatic carbocycles. The zero-order chi connectivity index (χ0) is 21.7. The second-order valence-corrected chi connectivity index (χ2v) is 7.46. The molecule has 3 rings (SSSR count). The van der Waals surface area contributed by atoms with Gasteiger partial charge in [-0.2, -0.15) is 0 Å². The van der Waals surface area contributed by atoms with Crippen molar-refractivity contribution in [1.82, 2.24) is 0 Å². The van der Waals surface area contributed by atoms with Gasteiger partial charge < -0.3 is 19.9 Å². The summed E-state index contributed by atoms with van der Waals surface area (Å²) in [7, 11) is 1.58. The first-order valence-electron chi connectivity index (χ1n) is 9.50. The summed E-state index contributed by atoms with van der Waals surface area (Å²) in [6.07, 6.45) is 0. The number of hydrogen-bond donors (Lipinski definition) is 2. The van der Waals surface area contributed by atoms with E-state index in [1.165, 1.54) is 5.56 Å². The highest BCUT2D eigenvalue weighted by Gasteiger charge is 2.12. The molecular formula is C24H24ClNO4. The molecule has 0 atom stereocenters. The van der Waals surface area contributed by atoms with Gasteiger partial charge in [0.1, 0.15) is 6.61 Å². The topological polar surface area (TPSA) is 67.8 Å². The lowest BCUT2D eigenvalue weighted by Crippen LogP contribution is -2.05. The Morgan fingerprint density at radius 3 is 2.43 bits per heavy atom. The van der Waals surface area contributed by atoms with Crippen LogP contribution >= 0.6 is 11.6 Å². The van der Waals surface area contributed by atoms with E-state index in [-0.39, 0.29) is 5.56 Å². The standard InChI is InChI=1S/C24H24ClNO4/c1-15-4-7-17(8-5-15)14-30-23-12-20(25)19(11-22(23)29-3)13-26-21-10-18(24(27)28)9-6-16(21)2/h4-12,26H,13-14H2,1-3H3,(H,27,28). The lowest BCUT2D eigenvalue weighted by molar-refractivity contribution is 0.0697. The molecule has 0 saturated carbocycles. The molecule has 0 aliphatic heterocycles. The van der Waals surface area contributed by atoms with E-state index in [0.717, 1.165) is 22.4 Å². The van der Waals surface area contributed by atoms with E-state index in [0.29, 0.717) is 29.7 Å². The molecule has 156 valence electrons. The molecule has 30 heavy (non-hydrogen) atoms. The van der Waals surface area contributed by atoms with E-state index in [9.17, 15) is 9.90 Å². The Hall–Kier alpha value is -3.18. The minimum atomic E-state index is -0.965. The number of carbonyl (C=O) groups is 1. The number of carboxylic acid groups (broad SMARTS) is 1. The number of anilines is 1. The summed E-state index contributed by atoms with van der Waals surface area (Å²) < 4.78 is 11.4. The Morgan fingerprint density at radius 2 is 1.77 bits per heavy atom.